The molecule has 3 rings (SSSR count). The number of amides is 2. The number of carbonyl (C=O) groups excluding carboxylic acids is 2. The summed E-state index contributed by atoms with van der Waals surface area (Å²) in [5, 5.41) is 0. The largest absolute Gasteiger partial charge is 0.325 e. The SMILES string of the molecule is Cc1ccc(N2C[C@H](C)N(C(=O)c3cc(C)ccc3C)CC2=O)cc1. The molecule has 1 heterocycles. The van der Waals surface area contributed by atoms with Crippen LogP contribution in [0.15, 0.2) is 42.5 Å². The molecule has 1 aliphatic rings. The van der Waals surface area contributed by atoms with E-state index in [1.54, 1.807) is 9.80 Å². The normalized spacial score (nSPS) is 17.8. The molecule has 0 bridgehead atoms. The lowest BCUT2D eigenvalue weighted by molar-refractivity contribution is -0.121. The second-order valence-electron chi connectivity index (χ2n) is 6.94. The zero-order valence-electron chi connectivity index (χ0n) is 15.2. The molecular formula is C21H24N2O2. The van der Waals surface area contributed by atoms with Gasteiger partial charge in [-0.2, -0.15) is 0 Å². The van der Waals surface area contributed by atoms with Gasteiger partial charge in [0.25, 0.3) is 5.91 Å². The summed E-state index contributed by atoms with van der Waals surface area (Å²) in [7, 11) is 0. The molecule has 2 aromatic rings. The Bertz CT molecular complexity index is 811. The van der Waals surface area contributed by atoms with Gasteiger partial charge in [-0.3, -0.25) is 9.59 Å². The summed E-state index contributed by atoms with van der Waals surface area (Å²) >= 11 is 0. The van der Waals surface area contributed by atoms with Gasteiger partial charge in [-0.25, -0.2) is 0 Å². The Morgan fingerprint density at radius 1 is 1.00 bits per heavy atom. The number of piperazine rings is 1. The van der Waals surface area contributed by atoms with Crippen LogP contribution in [0.3, 0.4) is 0 Å². The second kappa shape index (κ2) is 6.71. The Morgan fingerprint density at radius 3 is 2.32 bits per heavy atom. The molecule has 1 saturated heterocycles. The molecule has 2 amide bonds. The van der Waals surface area contributed by atoms with Crippen molar-refractivity contribution in [2.24, 2.45) is 0 Å². The van der Waals surface area contributed by atoms with Crippen LogP contribution in [-0.4, -0.2) is 35.8 Å². The lowest BCUT2D eigenvalue weighted by Gasteiger charge is -2.39. The first-order chi connectivity index (χ1) is 11.9. The molecule has 1 aliphatic heterocycles. The van der Waals surface area contributed by atoms with Gasteiger partial charge in [-0.05, 0) is 51.5 Å². The summed E-state index contributed by atoms with van der Waals surface area (Å²) in [5.41, 5.74) is 4.72. The maximum atomic E-state index is 13.0. The first-order valence-corrected chi connectivity index (χ1v) is 8.62. The highest BCUT2D eigenvalue weighted by Crippen LogP contribution is 2.23. The highest BCUT2D eigenvalue weighted by Gasteiger charge is 2.34. The maximum absolute atomic E-state index is 13.0. The second-order valence-corrected chi connectivity index (χ2v) is 6.94. The fraction of sp³-hybridized carbons (Fsp3) is 0.333. The van der Waals surface area contributed by atoms with E-state index in [1.165, 1.54) is 0 Å². The van der Waals surface area contributed by atoms with Crippen LogP contribution in [0.25, 0.3) is 0 Å². The summed E-state index contributed by atoms with van der Waals surface area (Å²) < 4.78 is 0. The Hall–Kier alpha value is -2.62. The Morgan fingerprint density at radius 2 is 1.64 bits per heavy atom. The number of anilines is 1. The van der Waals surface area contributed by atoms with Crippen LogP contribution in [0.1, 0.15) is 34.0 Å². The minimum Gasteiger partial charge on any atom is -0.325 e. The van der Waals surface area contributed by atoms with Gasteiger partial charge in [-0.1, -0.05) is 35.4 Å². The zero-order chi connectivity index (χ0) is 18.1. The van der Waals surface area contributed by atoms with Gasteiger partial charge in [-0.15, -0.1) is 0 Å². The van der Waals surface area contributed by atoms with E-state index in [2.05, 4.69) is 0 Å². The highest BCUT2D eigenvalue weighted by molar-refractivity contribution is 6.02. The molecular weight excluding hydrogens is 312 g/mol. The topological polar surface area (TPSA) is 40.6 Å². The average Bonchev–Trinajstić information content (AvgIpc) is 2.59. The molecule has 2 aromatic carbocycles. The molecule has 0 aliphatic carbocycles. The lowest BCUT2D eigenvalue weighted by atomic mass is 10.0. The standard InChI is InChI=1S/C21H24N2O2/c1-14-6-9-18(10-7-14)23-12-17(4)22(13-20(23)24)21(25)19-11-15(2)5-8-16(19)3/h5-11,17H,12-13H2,1-4H3/t17-/m0/s1. The number of rotatable bonds is 2. The molecule has 0 N–H and O–H groups in total. The van der Waals surface area contributed by atoms with Crippen molar-refractivity contribution < 1.29 is 9.59 Å². The number of benzene rings is 2. The molecule has 25 heavy (non-hydrogen) atoms. The van der Waals surface area contributed by atoms with Gasteiger partial charge >= 0.3 is 0 Å². The van der Waals surface area contributed by atoms with Crippen molar-refractivity contribution in [2.45, 2.75) is 33.7 Å². The summed E-state index contributed by atoms with van der Waals surface area (Å²) in [6, 6.07) is 13.7. The number of hydrogen-bond donors (Lipinski definition) is 0. The molecule has 0 aromatic heterocycles. The zero-order valence-corrected chi connectivity index (χ0v) is 15.2. The van der Waals surface area contributed by atoms with Crippen molar-refractivity contribution in [3.05, 3.63) is 64.7 Å². The minimum absolute atomic E-state index is 0.0357. The first kappa shape index (κ1) is 17.2. The van der Waals surface area contributed by atoms with Gasteiger partial charge in [0.2, 0.25) is 5.91 Å². The van der Waals surface area contributed by atoms with Gasteiger partial charge < -0.3 is 9.80 Å². The van der Waals surface area contributed by atoms with Crippen molar-refractivity contribution in [3.8, 4) is 0 Å². The van der Waals surface area contributed by atoms with E-state index in [-0.39, 0.29) is 24.4 Å². The number of carbonyl (C=O) groups is 2. The van der Waals surface area contributed by atoms with Crippen molar-refractivity contribution in [3.63, 3.8) is 0 Å². The van der Waals surface area contributed by atoms with Gasteiger partial charge in [0.15, 0.2) is 0 Å². The van der Waals surface area contributed by atoms with Crippen LogP contribution in [0.5, 0.6) is 0 Å². The molecule has 1 atom stereocenters. The third-order valence-corrected chi connectivity index (χ3v) is 4.82. The van der Waals surface area contributed by atoms with E-state index in [9.17, 15) is 9.59 Å². The van der Waals surface area contributed by atoms with E-state index in [1.807, 2.05) is 70.2 Å². The predicted octanol–water partition coefficient (Wildman–Crippen LogP) is 3.49. The Kier molecular flexibility index (Phi) is 4.62. The van der Waals surface area contributed by atoms with Crippen LogP contribution in [0.4, 0.5) is 5.69 Å². The molecule has 0 saturated carbocycles. The quantitative estimate of drug-likeness (QED) is 0.842. The van der Waals surface area contributed by atoms with Gasteiger partial charge in [0, 0.05) is 23.8 Å². The van der Waals surface area contributed by atoms with Gasteiger partial charge in [0.1, 0.15) is 6.54 Å². The molecule has 1 fully saturated rings. The molecule has 130 valence electrons. The molecule has 0 radical (unpaired) electrons. The summed E-state index contributed by atoms with van der Waals surface area (Å²) in [5.74, 6) is -0.105. The Balaban J connectivity index is 1.82. The predicted molar refractivity (Wildman–Crippen MR) is 99.9 cm³/mol. The van der Waals surface area contributed by atoms with Gasteiger partial charge in [0.05, 0.1) is 0 Å². The van der Waals surface area contributed by atoms with E-state index >= 15 is 0 Å². The summed E-state index contributed by atoms with van der Waals surface area (Å²) in [6.45, 7) is 8.55. The molecule has 4 nitrogen and oxygen atoms in total. The van der Waals surface area contributed by atoms with Crippen molar-refractivity contribution >= 4 is 17.5 Å². The fourth-order valence-electron chi connectivity index (χ4n) is 3.22. The monoisotopic (exact) mass is 336 g/mol. The van der Waals surface area contributed by atoms with E-state index in [4.69, 9.17) is 0 Å². The van der Waals surface area contributed by atoms with Crippen LogP contribution in [0.2, 0.25) is 0 Å². The third-order valence-electron chi connectivity index (χ3n) is 4.82. The number of nitrogens with zero attached hydrogens (tertiary/aromatic N) is 2. The third kappa shape index (κ3) is 3.43. The average molecular weight is 336 g/mol. The van der Waals surface area contributed by atoms with E-state index in [0.717, 1.165) is 22.4 Å². The van der Waals surface area contributed by atoms with Crippen LogP contribution < -0.4 is 4.90 Å². The van der Waals surface area contributed by atoms with Crippen molar-refractivity contribution in [1.82, 2.24) is 4.90 Å². The molecule has 0 unspecified atom stereocenters. The summed E-state index contributed by atoms with van der Waals surface area (Å²) in [6.07, 6.45) is 0. The van der Waals surface area contributed by atoms with Crippen molar-refractivity contribution in [1.29, 1.82) is 0 Å². The lowest BCUT2D eigenvalue weighted by Crippen LogP contribution is -2.57. The van der Waals surface area contributed by atoms with E-state index < -0.39 is 0 Å². The highest BCUT2D eigenvalue weighted by atomic mass is 16.2. The Labute approximate surface area is 149 Å². The van der Waals surface area contributed by atoms with Crippen LogP contribution >= 0.6 is 0 Å². The summed E-state index contributed by atoms with van der Waals surface area (Å²) in [4.78, 5) is 29.1. The number of aryl methyl sites for hydroxylation is 3. The molecule has 0 spiro atoms. The molecule has 4 heteroatoms. The fourth-order valence-corrected chi connectivity index (χ4v) is 3.22. The number of hydrogen-bond acceptors (Lipinski definition) is 2. The van der Waals surface area contributed by atoms with Crippen molar-refractivity contribution in [2.75, 3.05) is 18.0 Å². The minimum atomic E-state index is -0.0643. The smallest absolute Gasteiger partial charge is 0.254 e. The van der Waals surface area contributed by atoms with Crippen LogP contribution in [-0.2, 0) is 4.79 Å². The van der Waals surface area contributed by atoms with E-state index in [0.29, 0.717) is 12.1 Å². The maximum Gasteiger partial charge on any atom is 0.254 e. The van der Waals surface area contributed by atoms with Crippen LogP contribution in [0, 0.1) is 20.8 Å². The first-order valence-electron chi connectivity index (χ1n) is 8.62.